The summed E-state index contributed by atoms with van der Waals surface area (Å²) in [6, 6.07) is 20.0. The Labute approximate surface area is 190 Å². The largest absolute Gasteiger partial charge is 0.339 e. The van der Waals surface area contributed by atoms with E-state index in [1.54, 1.807) is 0 Å². The number of aromatic nitrogens is 1. The van der Waals surface area contributed by atoms with Crippen LogP contribution >= 0.6 is 24.8 Å². The number of hydrogen-bond donors (Lipinski definition) is 1. The number of pyridine rings is 1. The number of fused-ring (bicyclic) bond motifs is 1. The Morgan fingerprint density at radius 1 is 1.03 bits per heavy atom. The van der Waals surface area contributed by atoms with Crippen molar-refractivity contribution in [3.8, 4) is 11.3 Å². The molecule has 0 unspecified atom stereocenters. The minimum absolute atomic E-state index is 0. The number of nitrogens with one attached hydrogen (secondary N) is 1. The van der Waals surface area contributed by atoms with Crippen LogP contribution in [0.1, 0.15) is 30.1 Å². The van der Waals surface area contributed by atoms with E-state index in [1.165, 1.54) is 0 Å². The maximum Gasteiger partial charge on any atom is 0.254 e. The number of halogens is 2. The molecule has 4 nitrogen and oxygen atoms in total. The van der Waals surface area contributed by atoms with E-state index in [-0.39, 0.29) is 30.7 Å². The predicted molar refractivity (Wildman–Crippen MR) is 129 cm³/mol. The van der Waals surface area contributed by atoms with Gasteiger partial charge in [0.2, 0.25) is 0 Å². The molecule has 3 aromatic rings. The highest BCUT2D eigenvalue weighted by Crippen LogP contribution is 2.27. The Kier molecular flexibility index (Phi) is 9.09. The van der Waals surface area contributed by atoms with E-state index in [1.807, 2.05) is 65.6 Å². The molecule has 1 aromatic heterocycles. The van der Waals surface area contributed by atoms with Crippen LogP contribution in [0.15, 0.2) is 60.7 Å². The summed E-state index contributed by atoms with van der Waals surface area (Å²) >= 11 is 0. The fourth-order valence-corrected chi connectivity index (χ4v) is 3.97. The number of likely N-dealkylation sites (tertiary alicyclic amines) is 1. The molecule has 1 aliphatic heterocycles. The third kappa shape index (κ3) is 5.31. The van der Waals surface area contributed by atoms with Crippen molar-refractivity contribution < 1.29 is 4.79 Å². The zero-order valence-corrected chi connectivity index (χ0v) is 18.8. The van der Waals surface area contributed by atoms with Gasteiger partial charge in [-0.1, -0.05) is 55.5 Å². The molecule has 0 saturated carbocycles. The van der Waals surface area contributed by atoms with Crippen LogP contribution in [-0.4, -0.2) is 42.0 Å². The third-order valence-electron chi connectivity index (χ3n) is 5.60. The summed E-state index contributed by atoms with van der Waals surface area (Å²) < 4.78 is 0. The summed E-state index contributed by atoms with van der Waals surface area (Å²) in [7, 11) is 0. The number of carbonyl (C=O) groups is 1. The highest BCUT2D eigenvalue weighted by Gasteiger charge is 2.25. The first kappa shape index (κ1) is 24.1. The van der Waals surface area contributed by atoms with Crippen molar-refractivity contribution in [1.29, 1.82) is 0 Å². The summed E-state index contributed by atoms with van der Waals surface area (Å²) in [5.41, 5.74) is 3.51. The van der Waals surface area contributed by atoms with E-state index in [0.29, 0.717) is 5.92 Å². The lowest BCUT2D eigenvalue weighted by molar-refractivity contribution is 0.0692. The molecule has 1 saturated heterocycles. The number of para-hydroxylation sites is 1. The standard InChI is InChI=1S/C24H27N3O.2ClH/c1-2-25-17-18-12-14-27(15-13-18)24(28)21-16-23(19-8-4-3-5-9-19)26-22-11-7-6-10-20(21)22;;/h3-11,16,18,25H,2,12-15,17H2,1H3;2*1H. The average molecular weight is 446 g/mol. The Morgan fingerprint density at radius 2 is 1.70 bits per heavy atom. The van der Waals surface area contributed by atoms with Crippen molar-refractivity contribution in [2.75, 3.05) is 26.2 Å². The number of amides is 1. The SMILES string of the molecule is CCNCC1CCN(C(=O)c2cc(-c3ccccc3)nc3ccccc23)CC1.Cl.Cl. The van der Waals surface area contributed by atoms with Gasteiger partial charge in [0, 0.05) is 24.0 Å². The fraction of sp³-hybridized carbons (Fsp3) is 0.333. The maximum absolute atomic E-state index is 13.4. The molecule has 0 aliphatic carbocycles. The number of hydrogen-bond acceptors (Lipinski definition) is 3. The Balaban J connectivity index is 0.00000160. The summed E-state index contributed by atoms with van der Waals surface area (Å²) in [6.07, 6.45) is 2.13. The van der Waals surface area contributed by atoms with Gasteiger partial charge in [0.25, 0.3) is 5.91 Å². The van der Waals surface area contributed by atoms with Gasteiger partial charge in [-0.15, -0.1) is 24.8 Å². The van der Waals surface area contributed by atoms with E-state index in [4.69, 9.17) is 4.98 Å². The van der Waals surface area contributed by atoms with E-state index < -0.39 is 0 Å². The molecule has 1 fully saturated rings. The lowest BCUT2D eigenvalue weighted by atomic mass is 9.95. The van der Waals surface area contributed by atoms with Gasteiger partial charge in [-0.05, 0) is 44.0 Å². The summed E-state index contributed by atoms with van der Waals surface area (Å²) in [6.45, 7) is 5.84. The van der Waals surface area contributed by atoms with Gasteiger partial charge in [0.1, 0.15) is 0 Å². The Hall–Kier alpha value is -2.14. The molecule has 0 atom stereocenters. The van der Waals surface area contributed by atoms with Gasteiger partial charge in [0.15, 0.2) is 0 Å². The number of rotatable bonds is 5. The van der Waals surface area contributed by atoms with Crippen LogP contribution in [0, 0.1) is 5.92 Å². The molecule has 6 heteroatoms. The van der Waals surface area contributed by atoms with Crippen molar-refractivity contribution in [2.24, 2.45) is 5.92 Å². The molecule has 0 spiro atoms. The smallest absolute Gasteiger partial charge is 0.254 e. The van der Waals surface area contributed by atoms with Crippen LogP contribution in [0.5, 0.6) is 0 Å². The molecule has 1 amide bonds. The first-order valence-electron chi connectivity index (χ1n) is 10.2. The first-order valence-corrected chi connectivity index (χ1v) is 10.2. The molecular formula is C24H29Cl2N3O. The number of nitrogens with zero attached hydrogens (tertiary/aromatic N) is 2. The monoisotopic (exact) mass is 445 g/mol. The van der Waals surface area contributed by atoms with Crippen molar-refractivity contribution in [3.05, 3.63) is 66.2 Å². The van der Waals surface area contributed by atoms with Crippen molar-refractivity contribution in [2.45, 2.75) is 19.8 Å². The Bertz CT molecular complexity index is 957. The topological polar surface area (TPSA) is 45.2 Å². The van der Waals surface area contributed by atoms with Gasteiger partial charge in [-0.25, -0.2) is 4.98 Å². The third-order valence-corrected chi connectivity index (χ3v) is 5.60. The highest BCUT2D eigenvalue weighted by atomic mass is 35.5. The summed E-state index contributed by atoms with van der Waals surface area (Å²) in [5.74, 6) is 0.788. The van der Waals surface area contributed by atoms with Gasteiger partial charge < -0.3 is 10.2 Å². The van der Waals surface area contributed by atoms with Crippen molar-refractivity contribution in [1.82, 2.24) is 15.2 Å². The van der Waals surface area contributed by atoms with Crippen LogP contribution in [0.2, 0.25) is 0 Å². The van der Waals surface area contributed by atoms with Crippen LogP contribution in [0.25, 0.3) is 22.2 Å². The zero-order chi connectivity index (χ0) is 19.3. The molecule has 30 heavy (non-hydrogen) atoms. The molecule has 160 valence electrons. The van der Waals surface area contributed by atoms with Crippen molar-refractivity contribution >= 4 is 41.6 Å². The van der Waals surface area contributed by atoms with Crippen LogP contribution in [0.3, 0.4) is 0 Å². The molecule has 1 aliphatic rings. The lowest BCUT2D eigenvalue weighted by Gasteiger charge is -2.32. The molecular weight excluding hydrogens is 417 g/mol. The van der Waals surface area contributed by atoms with Crippen LogP contribution in [-0.2, 0) is 0 Å². The van der Waals surface area contributed by atoms with Gasteiger partial charge in [-0.2, -0.15) is 0 Å². The zero-order valence-electron chi connectivity index (χ0n) is 17.2. The second kappa shape index (κ2) is 11.3. The minimum Gasteiger partial charge on any atom is -0.339 e. The molecule has 0 radical (unpaired) electrons. The van der Waals surface area contributed by atoms with Crippen LogP contribution in [0.4, 0.5) is 0 Å². The molecule has 2 aromatic carbocycles. The van der Waals surface area contributed by atoms with E-state index in [0.717, 1.165) is 66.7 Å². The van der Waals surface area contributed by atoms with Gasteiger partial charge in [0.05, 0.1) is 16.8 Å². The summed E-state index contributed by atoms with van der Waals surface area (Å²) in [5, 5.41) is 4.36. The average Bonchev–Trinajstić information content (AvgIpc) is 2.77. The van der Waals surface area contributed by atoms with E-state index in [2.05, 4.69) is 12.2 Å². The molecule has 0 bridgehead atoms. The predicted octanol–water partition coefficient (Wildman–Crippen LogP) is 5.21. The number of benzene rings is 2. The molecule has 2 heterocycles. The number of piperidine rings is 1. The second-order valence-corrected chi connectivity index (χ2v) is 7.48. The second-order valence-electron chi connectivity index (χ2n) is 7.48. The highest BCUT2D eigenvalue weighted by molar-refractivity contribution is 6.07. The first-order chi connectivity index (χ1) is 13.8. The molecule has 4 rings (SSSR count). The minimum atomic E-state index is 0. The maximum atomic E-state index is 13.4. The van der Waals surface area contributed by atoms with Crippen molar-refractivity contribution in [3.63, 3.8) is 0 Å². The van der Waals surface area contributed by atoms with E-state index in [9.17, 15) is 4.79 Å². The van der Waals surface area contributed by atoms with Crippen LogP contribution < -0.4 is 5.32 Å². The normalized spacial score (nSPS) is 14.1. The summed E-state index contributed by atoms with van der Waals surface area (Å²) in [4.78, 5) is 20.2. The lowest BCUT2D eigenvalue weighted by Crippen LogP contribution is -2.40. The van der Waals surface area contributed by atoms with Gasteiger partial charge >= 0.3 is 0 Å². The van der Waals surface area contributed by atoms with Gasteiger partial charge in [-0.3, -0.25) is 4.79 Å². The number of carbonyl (C=O) groups excluding carboxylic acids is 1. The fourth-order valence-electron chi connectivity index (χ4n) is 3.97. The Morgan fingerprint density at radius 3 is 2.40 bits per heavy atom. The molecule has 1 N–H and O–H groups in total. The quantitative estimate of drug-likeness (QED) is 0.586. The van der Waals surface area contributed by atoms with E-state index >= 15 is 0 Å².